The van der Waals surface area contributed by atoms with Gasteiger partial charge in [0, 0.05) is 18.5 Å². The molecule has 2 aromatic rings. The van der Waals surface area contributed by atoms with Crippen molar-refractivity contribution < 1.29 is 0 Å². The van der Waals surface area contributed by atoms with Crippen molar-refractivity contribution in [2.24, 2.45) is 12.8 Å². The molecule has 0 saturated carbocycles. The summed E-state index contributed by atoms with van der Waals surface area (Å²) in [6.45, 7) is 1.92. The van der Waals surface area contributed by atoms with Crippen LogP contribution in [0.2, 0.25) is 0 Å². The quantitative estimate of drug-likeness (QED) is 0.704. The molecular weight excluding hydrogens is 164 g/mol. The van der Waals surface area contributed by atoms with Gasteiger partial charge in [-0.1, -0.05) is 0 Å². The Morgan fingerprint density at radius 3 is 2.92 bits per heavy atom. The van der Waals surface area contributed by atoms with E-state index in [9.17, 15) is 0 Å². The van der Waals surface area contributed by atoms with Gasteiger partial charge >= 0.3 is 0 Å². The van der Waals surface area contributed by atoms with Crippen molar-refractivity contribution in [3.8, 4) is 0 Å². The number of rotatable bonds is 1. The zero-order valence-electron chi connectivity index (χ0n) is 7.73. The lowest BCUT2D eigenvalue weighted by Crippen LogP contribution is -2.06. The molecule has 2 rings (SSSR count). The number of aromatic nitrogens is 3. The van der Waals surface area contributed by atoms with Crippen LogP contribution >= 0.6 is 0 Å². The molecular formula is C9H12N4. The average Bonchev–Trinajstić information content (AvgIpc) is 2.47. The van der Waals surface area contributed by atoms with E-state index in [2.05, 4.69) is 10.1 Å². The van der Waals surface area contributed by atoms with Gasteiger partial charge in [0.2, 0.25) is 0 Å². The Morgan fingerprint density at radius 2 is 2.23 bits per heavy atom. The van der Waals surface area contributed by atoms with Gasteiger partial charge in [-0.3, -0.25) is 9.67 Å². The van der Waals surface area contributed by atoms with E-state index < -0.39 is 0 Å². The SMILES string of the molecule is C[C@@H](N)c1cc2cnn(C)c2cn1. The Morgan fingerprint density at radius 1 is 1.46 bits per heavy atom. The standard InChI is InChI=1S/C9H12N4/c1-6(10)8-3-7-4-12-13(2)9(7)5-11-8/h3-6H,10H2,1-2H3/t6-/m1/s1. The van der Waals surface area contributed by atoms with Crippen LogP contribution in [0.15, 0.2) is 18.5 Å². The molecule has 13 heavy (non-hydrogen) atoms. The van der Waals surface area contributed by atoms with Gasteiger partial charge in [0.1, 0.15) is 0 Å². The smallest absolute Gasteiger partial charge is 0.0862 e. The van der Waals surface area contributed by atoms with E-state index in [1.54, 1.807) is 10.9 Å². The number of hydrogen-bond donors (Lipinski definition) is 1. The lowest BCUT2D eigenvalue weighted by molar-refractivity contribution is 0.776. The molecule has 0 bridgehead atoms. The fraction of sp³-hybridized carbons (Fsp3) is 0.333. The van der Waals surface area contributed by atoms with E-state index in [1.807, 2.05) is 26.2 Å². The van der Waals surface area contributed by atoms with Crippen LogP contribution in [0.5, 0.6) is 0 Å². The van der Waals surface area contributed by atoms with Gasteiger partial charge in [0.25, 0.3) is 0 Å². The molecule has 0 aliphatic rings. The van der Waals surface area contributed by atoms with E-state index in [4.69, 9.17) is 5.73 Å². The maximum atomic E-state index is 5.72. The summed E-state index contributed by atoms with van der Waals surface area (Å²) in [6.07, 6.45) is 3.63. The summed E-state index contributed by atoms with van der Waals surface area (Å²) in [6, 6.07) is 1.96. The number of nitrogens with zero attached hydrogens (tertiary/aromatic N) is 3. The predicted molar refractivity (Wildman–Crippen MR) is 51.1 cm³/mol. The monoisotopic (exact) mass is 176 g/mol. The summed E-state index contributed by atoms with van der Waals surface area (Å²) in [5.74, 6) is 0. The fourth-order valence-electron chi connectivity index (χ4n) is 1.31. The second-order valence-electron chi connectivity index (χ2n) is 3.22. The van der Waals surface area contributed by atoms with Crippen molar-refractivity contribution in [2.45, 2.75) is 13.0 Å². The van der Waals surface area contributed by atoms with E-state index in [1.165, 1.54) is 0 Å². The first-order valence-corrected chi connectivity index (χ1v) is 4.21. The first-order chi connectivity index (χ1) is 6.18. The summed E-state index contributed by atoms with van der Waals surface area (Å²) in [5, 5.41) is 5.22. The van der Waals surface area contributed by atoms with Gasteiger partial charge in [-0.2, -0.15) is 5.10 Å². The molecule has 68 valence electrons. The maximum Gasteiger partial charge on any atom is 0.0862 e. The normalized spacial score (nSPS) is 13.5. The van der Waals surface area contributed by atoms with Crippen molar-refractivity contribution in [1.82, 2.24) is 14.8 Å². The predicted octanol–water partition coefficient (Wildman–Crippen LogP) is 0.988. The van der Waals surface area contributed by atoms with Crippen LogP contribution in [0, 0.1) is 0 Å². The molecule has 0 fully saturated rings. The van der Waals surface area contributed by atoms with Gasteiger partial charge in [-0.05, 0) is 13.0 Å². The lowest BCUT2D eigenvalue weighted by Gasteiger charge is -2.03. The average molecular weight is 176 g/mol. The fourth-order valence-corrected chi connectivity index (χ4v) is 1.31. The van der Waals surface area contributed by atoms with Gasteiger partial charge in [0.15, 0.2) is 0 Å². The number of nitrogens with two attached hydrogens (primary N) is 1. The number of hydrogen-bond acceptors (Lipinski definition) is 3. The molecule has 0 spiro atoms. The minimum absolute atomic E-state index is 0.0235. The molecule has 1 atom stereocenters. The third kappa shape index (κ3) is 1.29. The highest BCUT2D eigenvalue weighted by Gasteiger charge is 2.04. The first kappa shape index (κ1) is 8.19. The highest BCUT2D eigenvalue weighted by Crippen LogP contribution is 2.15. The Balaban J connectivity index is 2.63. The minimum Gasteiger partial charge on any atom is -0.323 e. The molecule has 0 saturated heterocycles. The second kappa shape index (κ2) is 2.81. The van der Waals surface area contributed by atoms with Crippen molar-refractivity contribution in [3.63, 3.8) is 0 Å². The zero-order valence-corrected chi connectivity index (χ0v) is 7.73. The molecule has 0 amide bonds. The molecule has 4 nitrogen and oxygen atoms in total. The van der Waals surface area contributed by atoms with Crippen LogP contribution in [0.1, 0.15) is 18.7 Å². The summed E-state index contributed by atoms with van der Waals surface area (Å²) in [7, 11) is 1.90. The third-order valence-electron chi connectivity index (χ3n) is 2.12. The van der Waals surface area contributed by atoms with Gasteiger partial charge in [0.05, 0.1) is 23.6 Å². The van der Waals surface area contributed by atoms with Crippen molar-refractivity contribution >= 4 is 10.9 Å². The third-order valence-corrected chi connectivity index (χ3v) is 2.12. The van der Waals surface area contributed by atoms with Crippen LogP contribution in [0.3, 0.4) is 0 Å². The van der Waals surface area contributed by atoms with Gasteiger partial charge in [-0.25, -0.2) is 0 Å². The van der Waals surface area contributed by atoms with Crippen LogP contribution in [0.4, 0.5) is 0 Å². The molecule has 0 aromatic carbocycles. The Labute approximate surface area is 76.4 Å². The Hall–Kier alpha value is -1.42. The first-order valence-electron chi connectivity index (χ1n) is 4.21. The number of aryl methyl sites for hydroxylation is 1. The van der Waals surface area contributed by atoms with Crippen molar-refractivity contribution in [3.05, 3.63) is 24.2 Å². The van der Waals surface area contributed by atoms with Crippen LogP contribution in [-0.4, -0.2) is 14.8 Å². The van der Waals surface area contributed by atoms with E-state index in [-0.39, 0.29) is 6.04 Å². The summed E-state index contributed by atoms with van der Waals surface area (Å²) in [4.78, 5) is 4.25. The molecule has 0 aliphatic heterocycles. The summed E-state index contributed by atoms with van der Waals surface area (Å²) in [5.41, 5.74) is 7.66. The van der Waals surface area contributed by atoms with Crippen LogP contribution in [-0.2, 0) is 7.05 Å². The highest BCUT2D eigenvalue weighted by atomic mass is 15.2. The lowest BCUT2D eigenvalue weighted by atomic mass is 10.2. The topological polar surface area (TPSA) is 56.7 Å². The zero-order chi connectivity index (χ0) is 9.42. The molecule has 2 N–H and O–H groups in total. The van der Waals surface area contributed by atoms with E-state index >= 15 is 0 Å². The van der Waals surface area contributed by atoms with E-state index in [0.29, 0.717) is 0 Å². The minimum atomic E-state index is -0.0235. The molecule has 0 radical (unpaired) electrons. The maximum absolute atomic E-state index is 5.72. The van der Waals surface area contributed by atoms with Crippen molar-refractivity contribution in [2.75, 3.05) is 0 Å². The van der Waals surface area contributed by atoms with Crippen molar-refractivity contribution in [1.29, 1.82) is 0 Å². The molecule has 0 unspecified atom stereocenters. The van der Waals surface area contributed by atoms with Gasteiger partial charge < -0.3 is 5.73 Å². The Bertz CT molecular complexity index is 430. The second-order valence-corrected chi connectivity index (χ2v) is 3.22. The molecule has 2 heterocycles. The van der Waals surface area contributed by atoms with Gasteiger partial charge in [-0.15, -0.1) is 0 Å². The molecule has 4 heteroatoms. The van der Waals surface area contributed by atoms with E-state index in [0.717, 1.165) is 16.6 Å². The molecule has 0 aliphatic carbocycles. The number of fused-ring (bicyclic) bond motifs is 1. The Kier molecular flexibility index (Phi) is 1.77. The largest absolute Gasteiger partial charge is 0.323 e. The number of pyridine rings is 1. The highest BCUT2D eigenvalue weighted by molar-refractivity contribution is 5.77. The summed E-state index contributed by atoms with van der Waals surface area (Å²) >= 11 is 0. The summed E-state index contributed by atoms with van der Waals surface area (Å²) < 4.78 is 1.80. The van der Waals surface area contributed by atoms with Crippen LogP contribution < -0.4 is 5.73 Å². The molecule has 2 aromatic heterocycles. The van der Waals surface area contributed by atoms with Crippen LogP contribution in [0.25, 0.3) is 10.9 Å².